The lowest BCUT2D eigenvalue weighted by molar-refractivity contribution is -0.137. The molecule has 0 aliphatic rings. The summed E-state index contributed by atoms with van der Waals surface area (Å²) in [5.41, 5.74) is 0.784. The van der Waals surface area contributed by atoms with Crippen molar-refractivity contribution in [3.05, 3.63) is 23.5 Å². The standard InChI is InChI=1S/C9H11ClN2O2/c10-7-6-11-5-3-8(7)12-4-1-2-9(13)14/h3,5-6H,1-2,4H2,(H,11,12)(H,13,14). The zero-order valence-corrected chi connectivity index (χ0v) is 8.29. The lowest BCUT2D eigenvalue weighted by Crippen LogP contribution is -2.05. The van der Waals surface area contributed by atoms with Gasteiger partial charge in [0.1, 0.15) is 0 Å². The van der Waals surface area contributed by atoms with Crippen molar-refractivity contribution in [3.63, 3.8) is 0 Å². The van der Waals surface area contributed by atoms with Crippen molar-refractivity contribution in [1.29, 1.82) is 0 Å². The second-order valence-electron chi connectivity index (χ2n) is 2.78. The quantitative estimate of drug-likeness (QED) is 0.736. The monoisotopic (exact) mass is 214 g/mol. The fourth-order valence-corrected chi connectivity index (χ4v) is 1.17. The van der Waals surface area contributed by atoms with E-state index in [1.165, 1.54) is 0 Å². The van der Waals surface area contributed by atoms with Gasteiger partial charge in [0.25, 0.3) is 0 Å². The van der Waals surface area contributed by atoms with Crippen LogP contribution in [-0.2, 0) is 4.79 Å². The summed E-state index contributed by atoms with van der Waals surface area (Å²) in [5, 5.41) is 12.0. The van der Waals surface area contributed by atoms with Crippen LogP contribution in [0.15, 0.2) is 18.5 Å². The van der Waals surface area contributed by atoms with Gasteiger partial charge in [0.15, 0.2) is 0 Å². The Bertz CT molecular complexity index is 317. The van der Waals surface area contributed by atoms with Crippen molar-refractivity contribution >= 4 is 23.3 Å². The molecule has 0 aromatic carbocycles. The molecule has 2 N–H and O–H groups in total. The number of carboxylic acid groups (broad SMARTS) is 1. The molecule has 0 unspecified atom stereocenters. The number of halogens is 1. The van der Waals surface area contributed by atoms with Gasteiger partial charge in [-0.1, -0.05) is 11.6 Å². The minimum absolute atomic E-state index is 0.162. The zero-order valence-electron chi connectivity index (χ0n) is 7.53. The molecule has 14 heavy (non-hydrogen) atoms. The number of carboxylic acids is 1. The lowest BCUT2D eigenvalue weighted by atomic mass is 10.3. The van der Waals surface area contributed by atoms with Gasteiger partial charge in [0, 0.05) is 25.4 Å². The summed E-state index contributed by atoms with van der Waals surface area (Å²) in [5.74, 6) is -0.785. The molecule has 0 bridgehead atoms. The van der Waals surface area contributed by atoms with Crippen LogP contribution < -0.4 is 5.32 Å². The topological polar surface area (TPSA) is 62.2 Å². The average Bonchev–Trinajstić information content (AvgIpc) is 2.15. The smallest absolute Gasteiger partial charge is 0.303 e. The molecule has 0 amide bonds. The number of hydrogen-bond acceptors (Lipinski definition) is 3. The van der Waals surface area contributed by atoms with Crippen LogP contribution in [0.1, 0.15) is 12.8 Å². The Kier molecular flexibility index (Phi) is 4.19. The van der Waals surface area contributed by atoms with E-state index in [-0.39, 0.29) is 6.42 Å². The molecule has 1 heterocycles. The first-order valence-corrected chi connectivity index (χ1v) is 4.63. The van der Waals surface area contributed by atoms with Gasteiger partial charge in [-0.05, 0) is 12.5 Å². The van der Waals surface area contributed by atoms with Gasteiger partial charge in [-0.3, -0.25) is 9.78 Å². The number of nitrogens with one attached hydrogen (secondary N) is 1. The highest BCUT2D eigenvalue weighted by atomic mass is 35.5. The molecule has 4 nitrogen and oxygen atoms in total. The van der Waals surface area contributed by atoms with Crippen LogP contribution in [-0.4, -0.2) is 22.6 Å². The van der Waals surface area contributed by atoms with Crippen molar-refractivity contribution < 1.29 is 9.90 Å². The van der Waals surface area contributed by atoms with Crippen molar-refractivity contribution in [3.8, 4) is 0 Å². The maximum absolute atomic E-state index is 10.2. The lowest BCUT2D eigenvalue weighted by Gasteiger charge is -2.05. The molecule has 76 valence electrons. The summed E-state index contributed by atoms with van der Waals surface area (Å²) in [6, 6.07) is 1.75. The minimum atomic E-state index is -0.785. The molecule has 0 atom stereocenters. The molecular weight excluding hydrogens is 204 g/mol. The van der Waals surface area contributed by atoms with E-state index in [4.69, 9.17) is 16.7 Å². The van der Waals surface area contributed by atoms with Crippen LogP contribution in [0.5, 0.6) is 0 Å². The third-order valence-electron chi connectivity index (χ3n) is 1.66. The maximum atomic E-state index is 10.2. The molecule has 0 saturated heterocycles. The predicted octanol–water partition coefficient (Wildman–Crippen LogP) is 2.01. The number of nitrogens with zero attached hydrogens (tertiary/aromatic N) is 1. The van der Waals surface area contributed by atoms with E-state index in [0.29, 0.717) is 18.0 Å². The number of pyridine rings is 1. The van der Waals surface area contributed by atoms with Gasteiger partial charge in [0.2, 0.25) is 0 Å². The van der Waals surface area contributed by atoms with Crippen LogP contribution in [0.3, 0.4) is 0 Å². The van der Waals surface area contributed by atoms with Gasteiger partial charge >= 0.3 is 5.97 Å². The van der Waals surface area contributed by atoms with E-state index in [9.17, 15) is 4.79 Å². The second kappa shape index (κ2) is 5.44. The predicted molar refractivity (Wildman–Crippen MR) is 54.6 cm³/mol. The Morgan fingerprint density at radius 1 is 1.64 bits per heavy atom. The van der Waals surface area contributed by atoms with Gasteiger partial charge < -0.3 is 10.4 Å². The molecule has 1 aromatic rings. The molecule has 5 heteroatoms. The molecule has 0 saturated carbocycles. The number of rotatable bonds is 5. The van der Waals surface area contributed by atoms with Crippen molar-refractivity contribution in [2.45, 2.75) is 12.8 Å². The second-order valence-corrected chi connectivity index (χ2v) is 3.19. The first-order chi connectivity index (χ1) is 6.70. The third-order valence-corrected chi connectivity index (χ3v) is 1.96. The molecule has 0 radical (unpaired) electrons. The summed E-state index contributed by atoms with van der Waals surface area (Å²) in [6.07, 6.45) is 3.91. The molecule has 0 fully saturated rings. The van der Waals surface area contributed by atoms with Crippen LogP contribution in [0, 0.1) is 0 Å². The summed E-state index contributed by atoms with van der Waals surface area (Å²) >= 11 is 5.82. The normalized spacial score (nSPS) is 9.79. The van der Waals surface area contributed by atoms with Crippen molar-refractivity contribution in [2.75, 3.05) is 11.9 Å². The molecule has 1 rings (SSSR count). The Morgan fingerprint density at radius 2 is 2.43 bits per heavy atom. The summed E-state index contributed by atoms with van der Waals surface area (Å²) < 4.78 is 0. The van der Waals surface area contributed by atoms with Crippen LogP contribution >= 0.6 is 11.6 Å². The van der Waals surface area contributed by atoms with Crippen molar-refractivity contribution in [1.82, 2.24) is 4.98 Å². The number of hydrogen-bond donors (Lipinski definition) is 2. The van der Waals surface area contributed by atoms with E-state index in [0.717, 1.165) is 5.69 Å². The van der Waals surface area contributed by atoms with E-state index in [1.807, 2.05) is 0 Å². The Hall–Kier alpha value is -1.29. The number of carbonyl (C=O) groups is 1. The Labute approximate surface area is 86.9 Å². The third kappa shape index (κ3) is 3.62. The number of anilines is 1. The van der Waals surface area contributed by atoms with Crippen LogP contribution in [0.25, 0.3) is 0 Å². The molecule has 0 spiro atoms. The van der Waals surface area contributed by atoms with E-state index < -0.39 is 5.97 Å². The van der Waals surface area contributed by atoms with Gasteiger partial charge in [-0.15, -0.1) is 0 Å². The van der Waals surface area contributed by atoms with Crippen molar-refractivity contribution in [2.24, 2.45) is 0 Å². The molecule has 0 aliphatic heterocycles. The Balaban J connectivity index is 2.31. The summed E-state index contributed by atoms with van der Waals surface area (Å²) in [7, 11) is 0. The first kappa shape index (κ1) is 10.8. The van der Waals surface area contributed by atoms with E-state index in [1.54, 1.807) is 18.5 Å². The SMILES string of the molecule is O=C(O)CCCNc1ccncc1Cl. The minimum Gasteiger partial charge on any atom is -0.481 e. The fourth-order valence-electron chi connectivity index (χ4n) is 0.981. The van der Waals surface area contributed by atoms with Gasteiger partial charge in [-0.2, -0.15) is 0 Å². The Morgan fingerprint density at radius 3 is 3.07 bits per heavy atom. The van der Waals surface area contributed by atoms with Gasteiger partial charge in [-0.25, -0.2) is 0 Å². The fraction of sp³-hybridized carbons (Fsp3) is 0.333. The van der Waals surface area contributed by atoms with Gasteiger partial charge in [0.05, 0.1) is 10.7 Å². The summed E-state index contributed by atoms with van der Waals surface area (Å²) in [6.45, 7) is 0.593. The molecular formula is C9H11ClN2O2. The number of aliphatic carboxylic acids is 1. The zero-order chi connectivity index (χ0) is 10.4. The average molecular weight is 215 g/mol. The maximum Gasteiger partial charge on any atom is 0.303 e. The van der Waals surface area contributed by atoms with E-state index >= 15 is 0 Å². The summed E-state index contributed by atoms with van der Waals surface area (Å²) in [4.78, 5) is 14.0. The molecule has 0 aliphatic carbocycles. The first-order valence-electron chi connectivity index (χ1n) is 4.25. The highest BCUT2D eigenvalue weighted by Crippen LogP contribution is 2.18. The highest BCUT2D eigenvalue weighted by molar-refractivity contribution is 6.33. The van der Waals surface area contributed by atoms with E-state index in [2.05, 4.69) is 10.3 Å². The number of aromatic nitrogens is 1. The highest BCUT2D eigenvalue weighted by Gasteiger charge is 1.99. The van der Waals surface area contributed by atoms with Crippen LogP contribution in [0.4, 0.5) is 5.69 Å². The molecule has 1 aromatic heterocycles. The van der Waals surface area contributed by atoms with Crippen LogP contribution in [0.2, 0.25) is 5.02 Å². The largest absolute Gasteiger partial charge is 0.481 e.